The molecule has 0 saturated carbocycles. The maximum Gasteiger partial charge on any atom is 0.130 e. The summed E-state index contributed by atoms with van der Waals surface area (Å²) in [6.45, 7) is 1.22. The molecule has 0 aliphatic carbocycles. The van der Waals surface area contributed by atoms with E-state index in [1.807, 2.05) is 19.2 Å². The number of aliphatic hydroxyl groups excluding tert-OH is 1. The van der Waals surface area contributed by atoms with Crippen LogP contribution in [0.25, 0.3) is 0 Å². The van der Waals surface area contributed by atoms with Crippen molar-refractivity contribution in [2.45, 2.75) is 19.3 Å². The van der Waals surface area contributed by atoms with E-state index in [1.54, 1.807) is 6.07 Å². The van der Waals surface area contributed by atoms with E-state index in [0.29, 0.717) is 5.82 Å². The molecule has 1 rings (SSSR count). The Hall–Kier alpha value is -1.29. The van der Waals surface area contributed by atoms with Gasteiger partial charge in [0, 0.05) is 20.2 Å². The van der Waals surface area contributed by atoms with E-state index >= 15 is 0 Å². The van der Waals surface area contributed by atoms with Crippen molar-refractivity contribution in [3.63, 3.8) is 0 Å². The monoisotopic (exact) mass is 209 g/mol. The maximum absolute atomic E-state index is 8.64. The number of rotatable bonds is 6. The van der Waals surface area contributed by atoms with E-state index < -0.39 is 0 Å². The summed E-state index contributed by atoms with van der Waals surface area (Å²) in [5.41, 5.74) is 5.60. The van der Waals surface area contributed by atoms with Gasteiger partial charge in [0.2, 0.25) is 0 Å². The number of nitrogens with zero attached hydrogens (tertiary/aromatic N) is 2. The van der Waals surface area contributed by atoms with Crippen LogP contribution >= 0.6 is 0 Å². The molecule has 1 aromatic rings. The number of aromatic nitrogens is 1. The van der Waals surface area contributed by atoms with Crippen LogP contribution in [0.5, 0.6) is 0 Å². The van der Waals surface area contributed by atoms with Gasteiger partial charge in [0.15, 0.2) is 0 Å². The highest BCUT2D eigenvalue weighted by Crippen LogP contribution is 2.11. The summed E-state index contributed by atoms with van der Waals surface area (Å²) in [7, 11) is 2.00. The number of hydrogen-bond acceptors (Lipinski definition) is 4. The van der Waals surface area contributed by atoms with E-state index in [1.165, 1.54) is 0 Å². The summed E-state index contributed by atoms with van der Waals surface area (Å²) in [5.74, 6) is 1.45. The largest absolute Gasteiger partial charge is 0.396 e. The van der Waals surface area contributed by atoms with Gasteiger partial charge in [-0.2, -0.15) is 0 Å². The summed E-state index contributed by atoms with van der Waals surface area (Å²) in [6.07, 6.45) is 2.98. The molecule has 0 fully saturated rings. The van der Waals surface area contributed by atoms with Gasteiger partial charge in [-0.05, 0) is 31.4 Å². The summed E-state index contributed by atoms with van der Waals surface area (Å²) in [4.78, 5) is 6.30. The topological polar surface area (TPSA) is 62.4 Å². The molecule has 1 heterocycles. The normalized spacial score (nSPS) is 10.3. The molecule has 3 N–H and O–H groups in total. The Bertz CT molecular complexity index is 291. The second kappa shape index (κ2) is 6.24. The molecular weight excluding hydrogens is 190 g/mol. The lowest BCUT2D eigenvalue weighted by molar-refractivity contribution is 0.283. The molecule has 15 heavy (non-hydrogen) atoms. The minimum absolute atomic E-state index is 0.278. The first-order valence-electron chi connectivity index (χ1n) is 5.28. The molecule has 4 heteroatoms. The van der Waals surface area contributed by atoms with Crippen molar-refractivity contribution < 1.29 is 5.11 Å². The number of nitrogen functional groups attached to an aromatic ring is 1. The van der Waals surface area contributed by atoms with E-state index in [2.05, 4.69) is 9.88 Å². The second-order valence-corrected chi connectivity index (χ2v) is 3.63. The van der Waals surface area contributed by atoms with E-state index in [0.717, 1.165) is 31.6 Å². The molecule has 0 spiro atoms. The molecule has 84 valence electrons. The van der Waals surface area contributed by atoms with Crippen LogP contribution in [0.4, 0.5) is 11.6 Å². The standard InChI is InChI=1S/C11H19N3O/c1-14(8-3-2-4-9-15)11-7-5-6-10(12)13-11/h5-7,15H,2-4,8-9H2,1H3,(H2,12,13). The van der Waals surface area contributed by atoms with Crippen LogP contribution in [-0.2, 0) is 0 Å². The number of unbranched alkanes of at least 4 members (excludes halogenated alkanes) is 2. The molecule has 4 nitrogen and oxygen atoms in total. The van der Waals surface area contributed by atoms with Crippen molar-refractivity contribution in [3.05, 3.63) is 18.2 Å². The van der Waals surface area contributed by atoms with Gasteiger partial charge in [0.25, 0.3) is 0 Å². The third-order valence-electron chi connectivity index (χ3n) is 2.30. The highest BCUT2D eigenvalue weighted by molar-refractivity contribution is 5.43. The van der Waals surface area contributed by atoms with E-state index in [-0.39, 0.29) is 6.61 Å². The van der Waals surface area contributed by atoms with E-state index in [9.17, 15) is 0 Å². The van der Waals surface area contributed by atoms with Gasteiger partial charge >= 0.3 is 0 Å². The van der Waals surface area contributed by atoms with Gasteiger partial charge in [-0.25, -0.2) is 4.98 Å². The van der Waals surface area contributed by atoms with E-state index in [4.69, 9.17) is 10.8 Å². The van der Waals surface area contributed by atoms with Crippen LogP contribution in [-0.4, -0.2) is 30.3 Å². The summed E-state index contributed by atoms with van der Waals surface area (Å²) in [5, 5.41) is 8.64. The number of nitrogens with two attached hydrogens (primary N) is 1. The SMILES string of the molecule is CN(CCCCCO)c1cccc(N)n1. The Morgan fingerprint density at radius 2 is 2.13 bits per heavy atom. The third kappa shape index (κ3) is 4.16. The lowest BCUT2D eigenvalue weighted by Gasteiger charge is -2.17. The average Bonchev–Trinajstić information content (AvgIpc) is 2.24. The lowest BCUT2D eigenvalue weighted by Crippen LogP contribution is -2.19. The highest BCUT2D eigenvalue weighted by atomic mass is 16.2. The maximum atomic E-state index is 8.64. The van der Waals surface area contributed by atoms with Crippen LogP contribution < -0.4 is 10.6 Å². The van der Waals surface area contributed by atoms with Gasteiger partial charge in [-0.1, -0.05) is 6.07 Å². The fourth-order valence-corrected chi connectivity index (χ4v) is 1.40. The highest BCUT2D eigenvalue weighted by Gasteiger charge is 2.01. The van der Waals surface area contributed by atoms with Gasteiger partial charge in [-0.3, -0.25) is 0 Å². The predicted molar refractivity (Wildman–Crippen MR) is 62.9 cm³/mol. The third-order valence-corrected chi connectivity index (χ3v) is 2.30. The molecule has 1 aromatic heterocycles. The van der Waals surface area contributed by atoms with Crippen molar-refractivity contribution in [3.8, 4) is 0 Å². The van der Waals surface area contributed by atoms with Gasteiger partial charge < -0.3 is 15.7 Å². The first kappa shape index (κ1) is 11.8. The van der Waals surface area contributed by atoms with Gasteiger partial charge in [0.1, 0.15) is 11.6 Å². The van der Waals surface area contributed by atoms with Crippen LogP contribution in [0, 0.1) is 0 Å². The first-order chi connectivity index (χ1) is 7.24. The molecular formula is C11H19N3O. The van der Waals surface area contributed by atoms with Crippen molar-refractivity contribution in [2.24, 2.45) is 0 Å². The minimum atomic E-state index is 0.278. The van der Waals surface area contributed by atoms with Crippen molar-refractivity contribution in [1.82, 2.24) is 4.98 Å². The minimum Gasteiger partial charge on any atom is -0.396 e. The molecule has 0 aliphatic heterocycles. The number of pyridine rings is 1. The molecule has 0 unspecified atom stereocenters. The van der Waals surface area contributed by atoms with Crippen molar-refractivity contribution in [2.75, 3.05) is 30.8 Å². The second-order valence-electron chi connectivity index (χ2n) is 3.63. The Kier molecular flexibility index (Phi) is 4.90. The van der Waals surface area contributed by atoms with Gasteiger partial charge in [0.05, 0.1) is 0 Å². The fourth-order valence-electron chi connectivity index (χ4n) is 1.40. The number of anilines is 2. The summed E-state index contributed by atoms with van der Waals surface area (Å²) < 4.78 is 0. The molecule has 0 aliphatic rings. The fraction of sp³-hybridized carbons (Fsp3) is 0.545. The Morgan fingerprint density at radius 3 is 2.80 bits per heavy atom. The van der Waals surface area contributed by atoms with Gasteiger partial charge in [-0.15, -0.1) is 0 Å². The van der Waals surface area contributed by atoms with Crippen molar-refractivity contribution in [1.29, 1.82) is 0 Å². The van der Waals surface area contributed by atoms with Crippen LogP contribution in [0.3, 0.4) is 0 Å². The zero-order valence-corrected chi connectivity index (χ0v) is 9.19. The Balaban J connectivity index is 2.36. The Morgan fingerprint density at radius 1 is 1.33 bits per heavy atom. The lowest BCUT2D eigenvalue weighted by atomic mass is 10.2. The van der Waals surface area contributed by atoms with Crippen LogP contribution in [0.15, 0.2) is 18.2 Å². The molecule has 0 saturated heterocycles. The molecule has 0 atom stereocenters. The molecule has 0 amide bonds. The number of hydrogen-bond donors (Lipinski definition) is 2. The quantitative estimate of drug-likeness (QED) is 0.692. The smallest absolute Gasteiger partial charge is 0.130 e. The van der Waals surface area contributed by atoms with Crippen molar-refractivity contribution >= 4 is 11.6 Å². The zero-order valence-electron chi connectivity index (χ0n) is 9.19. The first-order valence-corrected chi connectivity index (χ1v) is 5.28. The van der Waals surface area contributed by atoms with Crippen LogP contribution in [0.2, 0.25) is 0 Å². The summed E-state index contributed by atoms with van der Waals surface area (Å²) in [6, 6.07) is 5.63. The Labute approximate surface area is 90.7 Å². The predicted octanol–water partition coefficient (Wildman–Crippen LogP) is 1.26. The van der Waals surface area contributed by atoms with Crippen LogP contribution in [0.1, 0.15) is 19.3 Å². The zero-order chi connectivity index (χ0) is 11.1. The average molecular weight is 209 g/mol. The number of aliphatic hydroxyl groups is 1. The molecule has 0 radical (unpaired) electrons. The molecule has 0 bridgehead atoms. The molecule has 0 aromatic carbocycles. The summed E-state index contributed by atoms with van der Waals surface area (Å²) >= 11 is 0.